The molecule has 0 spiro atoms. The van der Waals surface area contributed by atoms with Gasteiger partial charge < -0.3 is 19.1 Å². The van der Waals surface area contributed by atoms with E-state index in [4.69, 9.17) is 14.0 Å². The molecule has 2 N–H and O–H groups in total. The number of aryl methyl sites for hydroxylation is 1. The van der Waals surface area contributed by atoms with Crippen molar-refractivity contribution in [1.29, 1.82) is 0 Å². The second-order valence-electron chi connectivity index (χ2n) is 10.1. The molecule has 8 heteroatoms. The van der Waals surface area contributed by atoms with E-state index in [1.54, 1.807) is 0 Å². The summed E-state index contributed by atoms with van der Waals surface area (Å²) in [5.41, 5.74) is 5.19. The maximum absolute atomic E-state index is 11.6. The van der Waals surface area contributed by atoms with E-state index in [0.717, 1.165) is 50.3 Å². The van der Waals surface area contributed by atoms with Crippen molar-refractivity contribution in [3.8, 4) is 22.6 Å². The van der Waals surface area contributed by atoms with Gasteiger partial charge in [0.05, 0.1) is 18.8 Å². The number of benzene rings is 3. The van der Waals surface area contributed by atoms with Crippen LogP contribution in [0.2, 0.25) is 0 Å². The third-order valence-electron chi connectivity index (χ3n) is 6.41. The van der Waals surface area contributed by atoms with E-state index in [2.05, 4.69) is 43.1 Å². The van der Waals surface area contributed by atoms with Crippen LogP contribution in [0.3, 0.4) is 0 Å². The van der Waals surface area contributed by atoms with Crippen LogP contribution in [0.5, 0.6) is 11.5 Å². The predicted molar refractivity (Wildman–Crippen MR) is 146 cm³/mol. The number of hydrogen-bond acceptors (Lipinski definition) is 6. The van der Waals surface area contributed by atoms with E-state index >= 15 is 0 Å². The molecular weight excluding hydrogens is 484 g/mol. The Morgan fingerprint density at radius 1 is 0.947 bits per heavy atom. The zero-order valence-corrected chi connectivity index (χ0v) is 22.2. The van der Waals surface area contributed by atoms with Crippen LogP contribution in [0.25, 0.3) is 11.1 Å². The molecule has 0 radical (unpaired) electrons. The van der Waals surface area contributed by atoms with Crippen LogP contribution >= 0.6 is 0 Å². The third kappa shape index (κ3) is 7.04. The molecule has 8 nitrogen and oxygen atoms in total. The number of hydrogen-bond donors (Lipinski definition) is 2. The molecule has 4 aromatic rings. The van der Waals surface area contributed by atoms with Gasteiger partial charge in [-0.3, -0.25) is 0 Å². The number of aromatic amines is 1. The fraction of sp³-hybridized carbons (Fsp3) is 0.333. The number of aliphatic hydroxyl groups is 1. The normalized spacial score (nSPS) is 11.5. The van der Waals surface area contributed by atoms with E-state index in [-0.39, 0.29) is 6.54 Å². The minimum Gasteiger partial charge on any atom is -0.494 e. The molecule has 0 aliphatic carbocycles. The van der Waals surface area contributed by atoms with Crippen molar-refractivity contribution in [2.45, 2.75) is 59.3 Å². The molecule has 0 atom stereocenters. The van der Waals surface area contributed by atoms with Gasteiger partial charge in [0, 0.05) is 0 Å². The first-order chi connectivity index (χ1) is 18.1. The fourth-order valence-corrected chi connectivity index (χ4v) is 4.29. The number of rotatable bonds is 11. The minimum atomic E-state index is -0.773. The fourth-order valence-electron chi connectivity index (χ4n) is 4.29. The molecule has 1 aromatic heterocycles. The van der Waals surface area contributed by atoms with Crippen LogP contribution in [0.4, 0.5) is 0 Å². The summed E-state index contributed by atoms with van der Waals surface area (Å²) in [5, 5.41) is 9.85. The SMILES string of the molecule is Cc1cc(OCCCC(C)(C)O)ccc1-c1cccc(COc2ccc(Cn3oc(=O)[nH]c3=O)cc2)c1C. The number of aromatic nitrogens is 2. The Kier molecular flexibility index (Phi) is 8.22. The van der Waals surface area contributed by atoms with Crippen molar-refractivity contribution in [1.82, 2.24) is 9.72 Å². The molecule has 1 heterocycles. The van der Waals surface area contributed by atoms with E-state index in [9.17, 15) is 14.7 Å². The summed E-state index contributed by atoms with van der Waals surface area (Å²) in [6.07, 6.45) is 1.48. The minimum absolute atomic E-state index is 0.156. The number of nitrogens with one attached hydrogen (secondary N) is 1. The molecule has 0 saturated heterocycles. The van der Waals surface area contributed by atoms with Crippen molar-refractivity contribution >= 4 is 0 Å². The standard InChI is InChI=1S/C30H34N2O6/c1-20-17-25(36-16-6-15-30(3,4)35)13-14-26(20)27-8-5-7-23(21(27)2)19-37-24-11-9-22(10-12-24)18-32-28(33)31-29(34)38-32/h5,7-14,17,35H,6,15-16,18-19H2,1-4H3,(H,31,33,34). The predicted octanol–water partition coefficient (Wildman–Crippen LogP) is 4.97. The molecule has 0 aliphatic rings. The van der Waals surface area contributed by atoms with Gasteiger partial charge in [-0.25, -0.2) is 14.6 Å². The summed E-state index contributed by atoms with van der Waals surface area (Å²) in [5.74, 6) is 0.750. The summed E-state index contributed by atoms with van der Waals surface area (Å²) in [6.45, 7) is 8.92. The lowest BCUT2D eigenvalue weighted by Gasteiger charge is -2.17. The van der Waals surface area contributed by atoms with Crippen LogP contribution in [0.15, 0.2) is 74.8 Å². The van der Waals surface area contributed by atoms with Crippen molar-refractivity contribution in [2.24, 2.45) is 0 Å². The molecule has 200 valence electrons. The number of H-pyrrole nitrogens is 1. The molecule has 0 fully saturated rings. The van der Waals surface area contributed by atoms with Gasteiger partial charge in [-0.1, -0.05) is 36.4 Å². The first kappa shape index (κ1) is 27.0. The summed E-state index contributed by atoms with van der Waals surface area (Å²) >= 11 is 0. The monoisotopic (exact) mass is 518 g/mol. The van der Waals surface area contributed by atoms with Crippen LogP contribution in [0.1, 0.15) is 48.9 Å². The lowest BCUT2D eigenvalue weighted by molar-refractivity contribution is 0.0641. The zero-order valence-electron chi connectivity index (χ0n) is 22.2. The summed E-state index contributed by atoms with van der Waals surface area (Å²) in [4.78, 5) is 24.8. The van der Waals surface area contributed by atoms with Crippen LogP contribution in [0, 0.1) is 13.8 Å². The average Bonchev–Trinajstić information content (AvgIpc) is 3.18. The van der Waals surface area contributed by atoms with Crippen LogP contribution in [-0.4, -0.2) is 27.0 Å². The number of nitrogens with zero attached hydrogens (tertiary/aromatic N) is 1. The molecule has 0 saturated carbocycles. The molecule has 0 amide bonds. The third-order valence-corrected chi connectivity index (χ3v) is 6.41. The Balaban J connectivity index is 1.39. The molecule has 0 bridgehead atoms. The Labute approximate surface area is 221 Å². The van der Waals surface area contributed by atoms with Gasteiger partial charge in [0.15, 0.2) is 0 Å². The molecular formula is C30H34N2O6. The summed E-state index contributed by atoms with van der Waals surface area (Å²) in [7, 11) is 0. The highest BCUT2D eigenvalue weighted by atomic mass is 16.5. The molecule has 3 aromatic carbocycles. The van der Waals surface area contributed by atoms with Crippen LogP contribution in [-0.2, 0) is 13.2 Å². The van der Waals surface area contributed by atoms with Gasteiger partial charge in [0.1, 0.15) is 18.1 Å². The molecule has 0 unspecified atom stereocenters. The maximum Gasteiger partial charge on any atom is 0.440 e. The lowest BCUT2D eigenvalue weighted by atomic mass is 9.93. The Morgan fingerprint density at radius 3 is 2.34 bits per heavy atom. The lowest BCUT2D eigenvalue weighted by Crippen LogP contribution is -2.19. The average molecular weight is 519 g/mol. The quantitative estimate of drug-likeness (QED) is 0.272. The van der Waals surface area contributed by atoms with E-state index in [1.807, 2.05) is 50.2 Å². The second kappa shape index (κ2) is 11.6. The molecule has 0 aliphatic heterocycles. The number of ether oxygens (including phenoxy) is 2. The van der Waals surface area contributed by atoms with Crippen molar-refractivity contribution in [2.75, 3.05) is 6.61 Å². The van der Waals surface area contributed by atoms with Crippen molar-refractivity contribution in [3.63, 3.8) is 0 Å². The summed E-state index contributed by atoms with van der Waals surface area (Å²) in [6, 6.07) is 19.6. The Hall–Kier alpha value is -4.04. The second-order valence-corrected chi connectivity index (χ2v) is 10.1. The highest BCUT2D eigenvalue weighted by Crippen LogP contribution is 2.31. The molecule has 4 rings (SSSR count). The van der Waals surface area contributed by atoms with E-state index in [0.29, 0.717) is 25.4 Å². The van der Waals surface area contributed by atoms with Crippen molar-refractivity contribution < 1.29 is 19.1 Å². The topological polar surface area (TPSA) is 107 Å². The van der Waals surface area contributed by atoms with Gasteiger partial charge in [-0.15, -0.1) is 4.74 Å². The van der Waals surface area contributed by atoms with Crippen molar-refractivity contribution in [3.05, 3.63) is 104 Å². The first-order valence-electron chi connectivity index (χ1n) is 12.7. The highest BCUT2D eigenvalue weighted by Gasteiger charge is 2.13. The smallest absolute Gasteiger partial charge is 0.440 e. The van der Waals surface area contributed by atoms with Crippen LogP contribution < -0.4 is 20.9 Å². The largest absolute Gasteiger partial charge is 0.494 e. The maximum atomic E-state index is 11.6. The van der Waals surface area contributed by atoms with Gasteiger partial charge >= 0.3 is 11.4 Å². The van der Waals surface area contributed by atoms with E-state index in [1.165, 1.54) is 0 Å². The Bertz CT molecular complexity index is 1490. The van der Waals surface area contributed by atoms with Gasteiger partial charge in [0.25, 0.3) is 0 Å². The van der Waals surface area contributed by atoms with E-state index < -0.39 is 17.0 Å². The first-order valence-corrected chi connectivity index (χ1v) is 12.7. The summed E-state index contributed by atoms with van der Waals surface area (Å²) < 4.78 is 17.7. The Morgan fingerprint density at radius 2 is 1.68 bits per heavy atom. The van der Waals surface area contributed by atoms with Gasteiger partial charge in [0.2, 0.25) is 0 Å². The van der Waals surface area contributed by atoms with Gasteiger partial charge in [-0.2, -0.15) is 0 Å². The zero-order chi connectivity index (χ0) is 27.3. The molecule has 38 heavy (non-hydrogen) atoms. The highest BCUT2D eigenvalue weighted by molar-refractivity contribution is 5.72. The van der Waals surface area contributed by atoms with Gasteiger partial charge in [-0.05, 0) is 98.2 Å².